The summed E-state index contributed by atoms with van der Waals surface area (Å²) in [5.74, 6) is -0.0304. The molecule has 0 spiro atoms. The normalized spacial score (nSPS) is 10.4. The lowest BCUT2D eigenvalue weighted by atomic mass is 10.1. The van der Waals surface area contributed by atoms with Crippen LogP contribution >= 0.6 is 0 Å². The summed E-state index contributed by atoms with van der Waals surface area (Å²) >= 11 is 0. The molecular weight excluding hydrogens is 242 g/mol. The Morgan fingerprint density at radius 1 is 1.37 bits per heavy atom. The number of benzene rings is 1. The maximum absolute atomic E-state index is 12.1. The average molecular weight is 259 g/mol. The van der Waals surface area contributed by atoms with E-state index in [1.54, 1.807) is 6.92 Å². The Bertz CT molecular complexity index is 563. The molecule has 0 atom stereocenters. The van der Waals surface area contributed by atoms with Gasteiger partial charge >= 0.3 is 0 Å². The molecule has 2 N–H and O–H groups in total. The van der Waals surface area contributed by atoms with E-state index in [-0.39, 0.29) is 11.7 Å². The number of nitrogens with one attached hydrogen (secondary N) is 2. The zero-order valence-electron chi connectivity index (χ0n) is 11.1. The van der Waals surface area contributed by atoms with E-state index in [4.69, 9.17) is 4.52 Å². The van der Waals surface area contributed by atoms with Gasteiger partial charge in [-0.25, -0.2) is 0 Å². The lowest BCUT2D eigenvalue weighted by molar-refractivity contribution is 0.0987. The molecule has 0 fully saturated rings. The number of carbonyl (C=O) groups excluding carboxylic acids is 1. The number of nitrogens with zero attached hydrogens (tertiary/aromatic N) is 1. The van der Waals surface area contributed by atoms with Crippen molar-refractivity contribution in [3.63, 3.8) is 0 Å². The van der Waals surface area contributed by atoms with E-state index >= 15 is 0 Å². The van der Waals surface area contributed by atoms with E-state index in [2.05, 4.69) is 15.8 Å². The summed E-state index contributed by atoms with van der Waals surface area (Å²) in [6.45, 7) is 5.42. The van der Waals surface area contributed by atoms with Crippen molar-refractivity contribution >= 4 is 11.6 Å². The summed E-state index contributed by atoms with van der Waals surface area (Å²) in [5.41, 5.74) is 2.54. The van der Waals surface area contributed by atoms with Crippen molar-refractivity contribution in [2.45, 2.75) is 20.4 Å². The Morgan fingerprint density at radius 3 is 2.84 bits per heavy atom. The van der Waals surface area contributed by atoms with Crippen LogP contribution in [-0.4, -0.2) is 17.6 Å². The van der Waals surface area contributed by atoms with Crippen molar-refractivity contribution in [1.29, 1.82) is 0 Å². The molecule has 0 aliphatic rings. The molecule has 0 radical (unpaired) electrons. The van der Waals surface area contributed by atoms with Crippen LogP contribution in [0.2, 0.25) is 0 Å². The first-order valence-electron chi connectivity index (χ1n) is 6.23. The minimum absolute atomic E-state index is 0.248. The smallest absolute Gasteiger partial charge is 0.294 e. The predicted molar refractivity (Wildman–Crippen MR) is 73.0 cm³/mol. The number of para-hydroxylation sites is 1. The lowest BCUT2D eigenvalue weighted by Gasteiger charge is -2.10. The number of anilines is 1. The zero-order valence-corrected chi connectivity index (χ0v) is 11.1. The summed E-state index contributed by atoms with van der Waals surface area (Å²) < 4.78 is 4.94. The van der Waals surface area contributed by atoms with Crippen LogP contribution in [0.15, 0.2) is 35.0 Å². The second-order valence-electron chi connectivity index (χ2n) is 4.23. The van der Waals surface area contributed by atoms with Crippen LogP contribution in [0.25, 0.3) is 0 Å². The second-order valence-corrected chi connectivity index (χ2v) is 4.23. The van der Waals surface area contributed by atoms with Gasteiger partial charge in [-0.15, -0.1) is 0 Å². The van der Waals surface area contributed by atoms with Crippen molar-refractivity contribution in [2.24, 2.45) is 0 Å². The fourth-order valence-electron chi connectivity index (χ4n) is 1.74. The van der Waals surface area contributed by atoms with Crippen molar-refractivity contribution in [3.8, 4) is 0 Å². The summed E-state index contributed by atoms with van der Waals surface area (Å²) in [4.78, 5) is 12.1. The van der Waals surface area contributed by atoms with Crippen LogP contribution in [0.1, 0.15) is 28.6 Å². The molecule has 1 aromatic carbocycles. The first-order chi connectivity index (χ1) is 9.22. The van der Waals surface area contributed by atoms with Crippen LogP contribution in [0.3, 0.4) is 0 Å². The van der Waals surface area contributed by atoms with Crippen molar-refractivity contribution in [2.75, 3.05) is 11.9 Å². The van der Waals surface area contributed by atoms with Gasteiger partial charge in [-0.05, 0) is 25.1 Å². The first-order valence-corrected chi connectivity index (χ1v) is 6.23. The van der Waals surface area contributed by atoms with Gasteiger partial charge in [0.2, 0.25) is 5.76 Å². The number of rotatable bonds is 5. The Hall–Kier alpha value is -2.14. The summed E-state index contributed by atoms with van der Waals surface area (Å²) in [6, 6.07) is 7.68. The Kier molecular flexibility index (Phi) is 4.30. The SMILES string of the molecule is CCNCc1ccccc1NC(=O)c1oncc1C. The molecule has 2 aromatic rings. The van der Waals surface area contributed by atoms with Crippen LogP contribution in [0, 0.1) is 6.92 Å². The highest BCUT2D eigenvalue weighted by Gasteiger charge is 2.15. The second kappa shape index (κ2) is 6.15. The monoisotopic (exact) mass is 259 g/mol. The molecule has 1 aromatic heterocycles. The van der Waals surface area contributed by atoms with Gasteiger partial charge in [-0.1, -0.05) is 30.3 Å². The van der Waals surface area contributed by atoms with Gasteiger partial charge in [0.05, 0.1) is 6.20 Å². The highest BCUT2D eigenvalue weighted by molar-refractivity contribution is 6.03. The van der Waals surface area contributed by atoms with Gasteiger partial charge in [0.1, 0.15) is 0 Å². The quantitative estimate of drug-likeness (QED) is 0.865. The average Bonchev–Trinajstić information content (AvgIpc) is 2.84. The minimum Gasteiger partial charge on any atom is -0.351 e. The zero-order chi connectivity index (χ0) is 13.7. The number of aryl methyl sites for hydroxylation is 1. The topological polar surface area (TPSA) is 67.2 Å². The van der Waals surface area contributed by atoms with Gasteiger partial charge < -0.3 is 15.2 Å². The van der Waals surface area contributed by atoms with Gasteiger partial charge in [0.25, 0.3) is 5.91 Å². The number of amides is 1. The molecule has 0 aliphatic heterocycles. The summed E-state index contributed by atoms with van der Waals surface area (Å²) in [6.07, 6.45) is 1.53. The van der Waals surface area contributed by atoms with Crippen LogP contribution in [-0.2, 0) is 6.54 Å². The molecule has 19 heavy (non-hydrogen) atoms. The largest absolute Gasteiger partial charge is 0.351 e. The minimum atomic E-state index is -0.279. The Labute approximate surface area is 112 Å². The molecule has 0 bridgehead atoms. The maximum Gasteiger partial charge on any atom is 0.294 e. The number of hydrogen-bond acceptors (Lipinski definition) is 4. The van der Waals surface area contributed by atoms with Crippen molar-refractivity contribution in [3.05, 3.63) is 47.3 Å². The Morgan fingerprint density at radius 2 is 2.16 bits per heavy atom. The molecule has 1 heterocycles. The Balaban J connectivity index is 2.15. The molecular formula is C14H17N3O2. The molecule has 0 saturated carbocycles. The number of carbonyl (C=O) groups is 1. The van der Waals surface area contributed by atoms with Gasteiger partial charge in [0.15, 0.2) is 0 Å². The van der Waals surface area contributed by atoms with E-state index < -0.39 is 0 Å². The van der Waals surface area contributed by atoms with Crippen LogP contribution in [0.5, 0.6) is 0 Å². The highest BCUT2D eigenvalue weighted by Crippen LogP contribution is 2.17. The standard InChI is InChI=1S/C14H17N3O2/c1-3-15-9-11-6-4-5-7-12(11)17-14(18)13-10(2)8-16-19-13/h4-8,15H,3,9H2,1-2H3,(H,17,18). The fourth-order valence-corrected chi connectivity index (χ4v) is 1.74. The molecule has 5 nitrogen and oxygen atoms in total. The molecule has 2 rings (SSSR count). The first kappa shape index (κ1) is 13.3. The third kappa shape index (κ3) is 3.20. The van der Waals surface area contributed by atoms with Crippen LogP contribution < -0.4 is 10.6 Å². The van der Waals surface area contributed by atoms with E-state index in [0.29, 0.717) is 6.54 Å². The van der Waals surface area contributed by atoms with Gasteiger partial charge in [-0.3, -0.25) is 4.79 Å². The molecule has 1 amide bonds. The lowest BCUT2D eigenvalue weighted by Crippen LogP contribution is -2.17. The van der Waals surface area contributed by atoms with Crippen LogP contribution in [0.4, 0.5) is 5.69 Å². The molecule has 0 aliphatic carbocycles. The van der Waals surface area contributed by atoms with E-state index in [1.165, 1.54) is 6.20 Å². The number of aromatic nitrogens is 1. The number of hydrogen-bond donors (Lipinski definition) is 2. The van der Waals surface area contributed by atoms with Crippen molar-refractivity contribution in [1.82, 2.24) is 10.5 Å². The van der Waals surface area contributed by atoms with E-state index in [0.717, 1.165) is 23.4 Å². The van der Waals surface area contributed by atoms with E-state index in [9.17, 15) is 4.79 Å². The molecule has 100 valence electrons. The molecule has 0 unspecified atom stereocenters. The molecule has 0 saturated heterocycles. The summed E-state index contributed by atoms with van der Waals surface area (Å²) in [7, 11) is 0. The third-order valence-electron chi connectivity index (χ3n) is 2.79. The summed E-state index contributed by atoms with van der Waals surface area (Å²) in [5, 5.41) is 9.70. The van der Waals surface area contributed by atoms with Gasteiger partial charge in [-0.2, -0.15) is 0 Å². The van der Waals surface area contributed by atoms with Gasteiger partial charge in [0, 0.05) is 17.8 Å². The van der Waals surface area contributed by atoms with E-state index in [1.807, 2.05) is 31.2 Å². The predicted octanol–water partition coefficient (Wildman–Crippen LogP) is 2.34. The molecule has 5 heteroatoms. The highest BCUT2D eigenvalue weighted by atomic mass is 16.5. The fraction of sp³-hybridized carbons (Fsp3) is 0.286. The van der Waals surface area contributed by atoms with Crippen molar-refractivity contribution < 1.29 is 9.32 Å². The maximum atomic E-state index is 12.1. The third-order valence-corrected chi connectivity index (χ3v) is 2.79.